The standard InChI is InChI=1S/C15H16N2O3S/c1-20-15-11-12(7-8-14(15)17(18)19)16-9-10-21-13-5-3-2-4-6-13/h2-8,11,16H,9-10H2,1H3. The van der Waals surface area contributed by atoms with E-state index in [1.54, 1.807) is 23.9 Å². The number of nitrogens with one attached hydrogen (secondary N) is 1. The average Bonchev–Trinajstić information content (AvgIpc) is 2.52. The van der Waals surface area contributed by atoms with Gasteiger partial charge in [-0.05, 0) is 18.2 Å². The Kier molecular flexibility index (Phi) is 5.45. The minimum atomic E-state index is -0.451. The van der Waals surface area contributed by atoms with Crippen molar-refractivity contribution in [2.75, 3.05) is 24.7 Å². The monoisotopic (exact) mass is 304 g/mol. The van der Waals surface area contributed by atoms with Crippen LogP contribution in [0, 0.1) is 10.1 Å². The van der Waals surface area contributed by atoms with Crippen molar-refractivity contribution < 1.29 is 9.66 Å². The highest BCUT2D eigenvalue weighted by Crippen LogP contribution is 2.29. The molecular formula is C15H16N2O3S. The first-order chi connectivity index (χ1) is 10.2. The van der Waals surface area contributed by atoms with Crippen molar-refractivity contribution in [3.8, 4) is 5.75 Å². The Labute approximate surface area is 127 Å². The van der Waals surface area contributed by atoms with Crippen molar-refractivity contribution in [1.29, 1.82) is 0 Å². The Morgan fingerprint density at radius 1 is 1.24 bits per heavy atom. The van der Waals surface area contributed by atoms with Crippen LogP contribution in [-0.2, 0) is 0 Å². The summed E-state index contributed by atoms with van der Waals surface area (Å²) in [6, 6.07) is 14.9. The Hall–Kier alpha value is -2.21. The van der Waals surface area contributed by atoms with Crippen LogP contribution in [0.15, 0.2) is 53.4 Å². The average molecular weight is 304 g/mol. The Morgan fingerprint density at radius 3 is 2.67 bits per heavy atom. The van der Waals surface area contributed by atoms with Crippen LogP contribution in [0.5, 0.6) is 5.75 Å². The number of benzene rings is 2. The molecule has 0 aromatic heterocycles. The molecule has 2 aromatic rings. The molecule has 0 heterocycles. The summed E-state index contributed by atoms with van der Waals surface area (Å²) >= 11 is 1.76. The zero-order chi connectivity index (χ0) is 15.1. The number of rotatable bonds is 7. The van der Waals surface area contributed by atoms with Gasteiger partial charge in [-0.3, -0.25) is 10.1 Å². The van der Waals surface area contributed by atoms with E-state index >= 15 is 0 Å². The van der Waals surface area contributed by atoms with Gasteiger partial charge in [-0.2, -0.15) is 0 Å². The molecular weight excluding hydrogens is 288 g/mol. The Bertz CT molecular complexity index is 605. The predicted octanol–water partition coefficient (Wildman–Crippen LogP) is 3.81. The van der Waals surface area contributed by atoms with Gasteiger partial charge in [0, 0.05) is 35.0 Å². The molecule has 0 aliphatic rings. The van der Waals surface area contributed by atoms with E-state index in [4.69, 9.17) is 4.74 Å². The number of nitro groups is 1. The van der Waals surface area contributed by atoms with Crippen molar-refractivity contribution in [3.05, 3.63) is 58.6 Å². The molecule has 0 atom stereocenters. The lowest BCUT2D eigenvalue weighted by molar-refractivity contribution is -0.385. The van der Waals surface area contributed by atoms with Crippen LogP contribution in [0.2, 0.25) is 0 Å². The van der Waals surface area contributed by atoms with Crippen molar-refractivity contribution in [1.82, 2.24) is 0 Å². The first-order valence-corrected chi connectivity index (χ1v) is 7.43. The third kappa shape index (κ3) is 4.39. The number of hydrogen-bond acceptors (Lipinski definition) is 5. The number of nitrogens with zero attached hydrogens (tertiary/aromatic N) is 1. The van der Waals surface area contributed by atoms with Gasteiger partial charge in [0.1, 0.15) is 0 Å². The molecule has 0 aliphatic carbocycles. The van der Waals surface area contributed by atoms with E-state index in [1.807, 2.05) is 18.2 Å². The van der Waals surface area contributed by atoms with E-state index in [2.05, 4.69) is 17.4 Å². The summed E-state index contributed by atoms with van der Waals surface area (Å²) < 4.78 is 5.04. The molecule has 0 saturated heterocycles. The highest BCUT2D eigenvalue weighted by molar-refractivity contribution is 7.99. The third-order valence-corrected chi connectivity index (χ3v) is 3.83. The fourth-order valence-corrected chi connectivity index (χ4v) is 2.61. The van der Waals surface area contributed by atoms with Crippen molar-refractivity contribution >= 4 is 23.1 Å². The highest BCUT2D eigenvalue weighted by atomic mass is 32.2. The van der Waals surface area contributed by atoms with Crippen LogP contribution in [-0.4, -0.2) is 24.3 Å². The summed E-state index contributed by atoms with van der Waals surface area (Å²) in [6.07, 6.45) is 0. The molecule has 5 nitrogen and oxygen atoms in total. The molecule has 21 heavy (non-hydrogen) atoms. The molecule has 0 aliphatic heterocycles. The van der Waals surface area contributed by atoms with Crippen LogP contribution < -0.4 is 10.1 Å². The Morgan fingerprint density at radius 2 is 2.00 bits per heavy atom. The summed E-state index contributed by atoms with van der Waals surface area (Å²) in [6.45, 7) is 0.764. The predicted molar refractivity (Wildman–Crippen MR) is 85.3 cm³/mol. The van der Waals surface area contributed by atoms with Crippen molar-refractivity contribution in [3.63, 3.8) is 0 Å². The molecule has 110 valence electrons. The van der Waals surface area contributed by atoms with Gasteiger partial charge in [0.15, 0.2) is 5.75 Å². The van der Waals surface area contributed by atoms with Gasteiger partial charge in [-0.1, -0.05) is 18.2 Å². The Balaban J connectivity index is 1.87. The molecule has 1 N–H and O–H groups in total. The smallest absolute Gasteiger partial charge is 0.311 e. The van der Waals surface area contributed by atoms with E-state index in [9.17, 15) is 10.1 Å². The maximum absolute atomic E-state index is 10.8. The second-order valence-corrected chi connectivity index (χ2v) is 5.40. The van der Waals surface area contributed by atoms with Gasteiger partial charge in [0.25, 0.3) is 0 Å². The first kappa shape index (κ1) is 15.2. The topological polar surface area (TPSA) is 64.4 Å². The summed E-state index contributed by atoms with van der Waals surface area (Å²) in [5, 5.41) is 14.0. The molecule has 0 spiro atoms. The number of thioether (sulfide) groups is 1. The van der Waals surface area contributed by atoms with E-state index < -0.39 is 4.92 Å². The van der Waals surface area contributed by atoms with Gasteiger partial charge in [0.05, 0.1) is 12.0 Å². The van der Waals surface area contributed by atoms with Gasteiger partial charge in [-0.25, -0.2) is 0 Å². The van der Waals surface area contributed by atoms with E-state index in [1.165, 1.54) is 18.1 Å². The molecule has 0 amide bonds. The number of nitro benzene ring substituents is 1. The number of anilines is 1. The van der Waals surface area contributed by atoms with Crippen LogP contribution in [0.1, 0.15) is 0 Å². The SMILES string of the molecule is COc1cc(NCCSc2ccccc2)ccc1[N+](=O)[O-]. The summed E-state index contributed by atoms with van der Waals surface area (Å²) in [7, 11) is 1.43. The molecule has 0 fully saturated rings. The van der Waals surface area contributed by atoms with Gasteiger partial charge in [0.2, 0.25) is 0 Å². The number of ether oxygens (including phenoxy) is 1. The van der Waals surface area contributed by atoms with Crippen LogP contribution in [0.3, 0.4) is 0 Å². The van der Waals surface area contributed by atoms with E-state index in [0.717, 1.165) is 18.0 Å². The minimum Gasteiger partial charge on any atom is -0.490 e. The third-order valence-electron chi connectivity index (χ3n) is 2.82. The second kappa shape index (κ2) is 7.54. The fourth-order valence-electron chi connectivity index (χ4n) is 1.82. The van der Waals surface area contributed by atoms with E-state index in [0.29, 0.717) is 0 Å². The van der Waals surface area contributed by atoms with Crippen molar-refractivity contribution in [2.45, 2.75) is 4.90 Å². The van der Waals surface area contributed by atoms with Crippen LogP contribution in [0.25, 0.3) is 0 Å². The van der Waals surface area contributed by atoms with Crippen LogP contribution >= 0.6 is 11.8 Å². The van der Waals surface area contributed by atoms with Gasteiger partial charge < -0.3 is 10.1 Å². The number of methoxy groups -OCH3 is 1. The molecule has 0 radical (unpaired) electrons. The highest BCUT2D eigenvalue weighted by Gasteiger charge is 2.14. The fraction of sp³-hybridized carbons (Fsp3) is 0.200. The lowest BCUT2D eigenvalue weighted by Gasteiger charge is -2.08. The lowest BCUT2D eigenvalue weighted by atomic mass is 10.2. The lowest BCUT2D eigenvalue weighted by Crippen LogP contribution is -2.04. The molecule has 6 heteroatoms. The van der Waals surface area contributed by atoms with Gasteiger partial charge in [-0.15, -0.1) is 11.8 Å². The van der Waals surface area contributed by atoms with Crippen molar-refractivity contribution in [2.24, 2.45) is 0 Å². The zero-order valence-electron chi connectivity index (χ0n) is 11.6. The maximum Gasteiger partial charge on any atom is 0.311 e. The normalized spacial score (nSPS) is 10.1. The van der Waals surface area contributed by atoms with E-state index in [-0.39, 0.29) is 11.4 Å². The zero-order valence-corrected chi connectivity index (χ0v) is 12.4. The minimum absolute atomic E-state index is 0.0262. The first-order valence-electron chi connectivity index (χ1n) is 6.45. The summed E-state index contributed by atoms with van der Waals surface area (Å²) in [4.78, 5) is 11.6. The maximum atomic E-state index is 10.8. The quantitative estimate of drug-likeness (QED) is 0.365. The second-order valence-electron chi connectivity index (χ2n) is 4.23. The molecule has 0 unspecified atom stereocenters. The number of hydrogen-bond donors (Lipinski definition) is 1. The molecule has 0 saturated carbocycles. The molecule has 0 bridgehead atoms. The molecule has 2 aromatic carbocycles. The molecule has 2 rings (SSSR count). The summed E-state index contributed by atoms with van der Waals surface area (Å²) in [5.41, 5.74) is 0.785. The summed E-state index contributed by atoms with van der Waals surface area (Å²) in [5.74, 6) is 1.17. The largest absolute Gasteiger partial charge is 0.490 e. The van der Waals surface area contributed by atoms with Gasteiger partial charge >= 0.3 is 5.69 Å². The van der Waals surface area contributed by atoms with Crippen LogP contribution in [0.4, 0.5) is 11.4 Å².